The molecule has 3 aromatic rings. The van der Waals surface area contributed by atoms with E-state index in [-0.39, 0.29) is 18.5 Å². The second-order valence-corrected chi connectivity index (χ2v) is 7.79. The lowest BCUT2D eigenvalue weighted by molar-refractivity contribution is -0.142. The normalized spacial score (nSPS) is 15.0. The zero-order valence-electron chi connectivity index (χ0n) is 18.5. The van der Waals surface area contributed by atoms with Crippen LogP contribution in [0.5, 0.6) is 5.75 Å². The fraction of sp³-hybridized carbons (Fsp3) is 0.417. The van der Waals surface area contributed by atoms with Gasteiger partial charge in [-0.1, -0.05) is 12.1 Å². The Morgan fingerprint density at radius 2 is 1.88 bits per heavy atom. The average molecular weight is 440 g/mol. The predicted molar refractivity (Wildman–Crippen MR) is 117 cm³/mol. The van der Waals surface area contributed by atoms with Gasteiger partial charge < -0.3 is 23.2 Å². The van der Waals surface area contributed by atoms with Crippen LogP contribution in [0.1, 0.15) is 42.3 Å². The van der Waals surface area contributed by atoms with Gasteiger partial charge in [-0.3, -0.25) is 14.5 Å². The van der Waals surface area contributed by atoms with E-state index in [4.69, 9.17) is 18.3 Å². The summed E-state index contributed by atoms with van der Waals surface area (Å²) in [6.07, 6.45) is 0.858. The first kappa shape index (κ1) is 22.0. The molecule has 3 heterocycles. The van der Waals surface area contributed by atoms with Gasteiger partial charge in [-0.2, -0.15) is 0 Å². The van der Waals surface area contributed by atoms with Gasteiger partial charge in [0, 0.05) is 38.5 Å². The van der Waals surface area contributed by atoms with Gasteiger partial charge in [-0.05, 0) is 37.6 Å². The molecule has 0 radical (unpaired) electrons. The molecule has 1 amide bonds. The van der Waals surface area contributed by atoms with Crippen LogP contribution in [0.2, 0.25) is 0 Å². The maximum atomic E-state index is 13.1. The van der Waals surface area contributed by atoms with Crippen molar-refractivity contribution in [2.75, 3.05) is 32.8 Å². The molecule has 0 aliphatic carbocycles. The highest BCUT2D eigenvalue weighted by molar-refractivity contribution is 5.97. The van der Waals surface area contributed by atoms with Crippen molar-refractivity contribution < 1.29 is 27.9 Å². The van der Waals surface area contributed by atoms with Crippen molar-refractivity contribution in [3.8, 4) is 5.75 Å². The number of esters is 1. The largest absolute Gasteiger partial charge is 0.490 e. The second kappa shape index (κ2) is 9.91. The van der Waals surface area contributed by atoms with Crippen LogP contribution >= 0.6 is 0 Å². The molecule has 2 aromatic heterocycles. The van der Waals surface area contributed by atoms with Gasteiger partial charge in [0.15, 0.2) is 17.1 Å². The van der Waals surface area contributed by atoms with Crippen LogP contribution in [-0.4, -0.2) is 54.5 Å². The Kier molecular flexibility index (Phi) is 6.80. The van der Waals surface area contributed by atoms with Gasteiger partial charge in [0.05, 0.1) is 13.2 Å². The van der Waals surface area contributed by atoms with Gasteiger partial charge >= 0.3 is 5.97 Å². The van der Waals surface area contributed by atoms with Crippen LogP contribution in [0.4, 0.5) is 0 Å². The molecule has 0 saturated carbocycles. The molecule has 1 saturated heterocycles. The van der Waals surface area contributed by atoms with E-state index >= 15 is 0 Å². The maximum Gasteiger partial charge on any atom is 0.303 e. The third kappa shape index (κ3) is 5.13. The van der Waals surface area contributed by atoms with E-state index in [9.17, 15) is 9.59 Å². The zero-order valence-corrected chi connectivity index (χ0v) is 18.5. The molecule has 0 unspecified atom stereocenters. The number of rotatable bonds is 7. The molecule has 0 N–H and O–H groups in total. The van der Waals surface area contributed by atoms with Gasteiger partial charge in [-0.15, -0.1) is 0 Å². The van der Waals surface area contributed by atoms with Gasteiger partial charge in [0.25, 0.3) is 5.91 Å². The van der Waals surface area contributed by atoms with E-state index in [1.807, 2.05) is 42.2 Å². The Morgan fingerprint density at radius 3 is 2.69 bits per heavy atom. The SMILES string of the molecule is CCOc1cccc2cc(C(=O)N3CCCN(Cc4ccc(COC(C)=O)o4)CC3)oc12. The lowest BCUT2D eigenvalue weighted by Gasteiger charge is -2.20. The van der Waals surface area contributed by atoms with Crippen molar-refractivity contribution in [3.63, 3.8) is 0 Å². The smallest absolute Gasteiger partial charge is 0.303 e. The molecule has 0 atom stereocenters. The number of carbonyl (C=O) groups excluding carboxylic acids is 2. The molecular weight excluding hydrogens is 412 g/mol. The van der Waals surface area contributed by atoms with E-state index in [1.165, 1.54) is 6.92 Å². The highest BCUT2D eigenvalue weighted by atomic mass is 16.5. The minimum Gasteiger partial charge on any atom is -0.490 e. The number of ether oxygens (including phenoxy) is 2. The molecule has 170 valence electrons. The van der Waals surface area contributed by atoms with Crippen molar-refractivity contribution >= 4 is 22.8 Å². The van der Waals surface area contributed by atoms with Crippen molar-refractivity contribution in [3.05, 3.63) is 53.7 Å². The standard InChI is InChI=1S/C24H28N2O6/c1-3-29-21-7-4-6-18-14-22(32-23(18)21)24(28)26-11-5-10-25(12-13-26)15-19-8-9-20(31-19)16-30-17(2)27/h4,6-9,14H,3,5,10-13,15-16H2,1-2H3. The van der Waals surface area contributed by atoms with Crippen LogP contribution in [-0.2, 0) is 22.7 Å². The fourth-order valence-corrected chi connectivity index (χ4v) is 3.88. The van der Waals surface area contributed by atoms with E-state index < -0.39 is 0 Å². The summed E-state index contributed by atoms with van der Waals surface area (Å²) in [4.78, 5) is 28.1. The Balaban J connectivity index is 1.37. The van der Waals surface area contributed by atoms with E-state index in [0.717, 1.165) is 30.7 Å². The summed E-state index contributed by atoms with van der Waals surface area (Å²) in [6, 6.07) is 11.2. The number of benzene rings is 1. The minimum atomic E-state index is -0.334. The first-order valence-electron chi connectivity index (χ1n) is 10.9. The quantitative estimate of drug-likeness (QED) is 0.516. The van der Waals surface area contributed by atoms with E-state index in [0.29, 0.717) is 49.1 Å². The van der Waals surface area contributed by atoms with E-state index in [1.54, 1.807) is 6.07 Å². The highest BCUT2D eigenvalue weighted by Crippen LogP contribution is 2.29. The molecule has 1 aliphatic rings. The second-order valence-electron chi connectivity index (χ2n) is 7.79. The molecule has 1 aromatic carbocycles. The number of furan rings is 2. The summed E-state index contributed by atoms with van der Waals surface area (Å²) in [5, 5.41) is 0.859. The maximum absolute atomic E-state index is 13.1. The van der Waals surface area contributed by atoms with Crippen LogP contribution in [0.3, 0.4) is 0 Å². The molecule has 4 rings (SSSR count). The number of nitrogens with zero attached hydrogens (tertiary/aromatic N) is 2. The molecule has 32 heavy (non-hydrogen) atoms. The lowest BCUT2D eigenvalue weighted by Crippen LogP contribution is -2.34. The lowest BCUT2D eigenvalue weighted by atomic mass is 10.2. The van der Waals surface area contributed by atoms with Crippen molar-refractivity contribution in [2.24, 2.45) is 0 Å². The fourth-order valence-electron chi connectivity index (χ4n) is 3.88. The van der Waals surface area contributed by atoms with Crippen molar-refractivity contribution in [1.82, 2.24) is 9.80 Å². The molecule has 0 spiro atoms. The number of hydrogen-bond acceptors (Lipinski definition) is 7. The molecule has 1 aliphatic heterocycles. The highest BCUT2D eigenvalue weighted by Gasteiger charge is 2.24. The number of para-hydroxylation sites is 1. The summed E-state index contributed by atoms with van der Waals surface area (Å²) in [5.74, 6) is 1.98. The first-order valence-corrected chi connectivity index (χ1v) is 10.9. The van der Waals surface area contributed by atoms with Crippen molar-refractivity contribution in [1.29, 1.82) is 0 Å². The third-order valence-electron chi connectivity index (χ3n) is 5.41. The molecular formula is C24H28N2O6. The van der Waals surface area contributed by atoms with Crippen molar-refractivity contribution in [2.45, 2.75) is 33.4 Å². The molecule has 1 fully saturated rings. The van der Waals surface area contributed by atoms with Gasteiger partial charge in [0.1, 0.15) is 18.1 Å². The summed E-state index contributed by atoms with van der Waals surface area (Å²) in [7, 11) is 0. The number of hydrogen-bond donors (Lipinski definition) is 0. The van der Waals surface area contributed by atoms with Crippen LogP contribution in [0.25, 0.3) is 11.0 Å². The molecule has 0 bridgehead atoms. The average Bonchev–Trinajstić information content (AvgIpc) is 3.34. The van der Waals surface area contributed by atoms with Crippen LogP contribution in [0, 0.1) is 0 Å². The monoisotopic (exact) mass is 440 g/mol. The topological polar surface area (TPSA) is 85.4 Å². The predicted octanol–water partition coefficient (Wildman–Crippen LogP) is 3.84. The Labute approximate surface area is 186 Å². The third-order valence-corrected chi connectivity index (χ3v) is 5.41. The van der Waals surface area contributed by atoms with E-state index in [2.05, 4.69) is 4.90 Å². The summed E-state index contributed by atoms with van der Waals surface area (Å²) >= 11 is 0. The number of carbonyl (C=O) groups is 2. The van der Waals surface area contributed by atoms with Gasteiger partial charge in [-0.25, -0.2) is 0 Å². The molecule has 8 nitrogen and oxygen atoms in total. The van der Waals surface area contributed by atoms with Crippen LogP contribution in [0.15, 0.2) is 45.2 Å². The Hall–Kier alpha value is -3.26. The summed E-state index contributed by atoms with van der Waals surface area (Å²) in [5.41, 5.74) is 0.608. The summed E-state index contributed by atoms with van der Waals surface area (Å²) in [6.45, 7) is 7.47. The number of amides is 1. The Morgan fingerprint density at radius 1 is 1.03 bits per heavy atom. The zero-order chi connectivity index (χ0) is 22.5. The first-order chi connectivity index (χ1) is 15.5. The minimum absolute atomic E-state index is 0.104. The van der Waals surface area contributed by atoms with Gasteiger partial charge in [0.2, 0.25) is 0 Å². The molecule has 8 heteroatoms. The Bertz CT molecular complexity index is 1090. The number of fused-ring (bicyclic) bond motifs is 1. The summed E-state index contributed by atoms with van der Waals surface area (Å²) < 4.78 is 22.2. The van der Waals surface area contributed by atoms with Crippen LogP contribution < -0.4 is 4.74 Å².